The van der Waals surface area contributed by atoms with E-state index in [9.17, 15) is 5.11 Å². The molecule has 2 nitrogen and oxygen atoms in total. The Hall–Kier alpha value is -1.18. The average Bonchev–Trinajstić information content (AvgIpc) is 2.16. The van der Waals surface area contributed by atoms with Gasteiger partial charge in [-0.2, -0.15) is 0 Å². The summed E-state index contributed by atoms with van der Waals surface area (Å²) in [7, 11) is 0. The van der Waals surface area contributed by atoms with Crippen LogP contribution in [0.15, 0.2) is 12.1 Å². The molecule has 2 rings (SSSR count). The number of aryl methyl sites for hydroxylation is 1. The highest BCUT2D eigenvalue weighted by Crippen LogP contribution is 2.40. The van der Waals surface area contributed by atoms with Crippen LogP contribution in [0.4, 0.5) is 0 Å². The van der Waals surface area contributed by atoms with Gasteiger partial charge in [-0.1, -0.05) is 20.8 Å². The van der Waals surface area contributed by atoms with E-state index in [1.165, 1.54) is 0 Å². The smallest absolute Gasteiger partial charge is 0.126 e. The second kappa shape index (κ2) is 3.69. The van der Waals surface area contributed by atoms with Gasteiger partial charge in [-0.05, 0) is 42.9 Å². The number of fused-ring (bicyclic) bond motifs is 1. The quantitative estimate of drug-likeness (QED) is 0.726. The molecule has 1 atom stereocenters. The van der Waals surface area contributed by atoms with E-state index in [1.807, 2.05) is 12.1 Å². The predicted molar refractivity (Wildman–Crippen MR) is 65.2 cm³/mol. The highest BCUT2D eigenvalue weighted by atomic mass is 16.5. The lowest BCUT2D eigenvalue weighted by molar-refractivity contribution is 0.187. The van der Waals surface area contributed by atoms with Crippen molar-refractivity contribution >= 4 is 0 Å². The maximum absolute atomic E-state index is 9.74. The van der Waals surface area contributed by atoms with Gasteiger partial charge in [-0.3, -0.25) is 0 Å². The van der Waals surface area contributed by atoms with Crippen LogP contribution in [0.2, 0.25) is 0 Å². The SMILES string of the molecule is CC1CCc2cc(O)cc(C(C)(C)C)c2O1. The van der Waals surface area contributed by atoms with Crippen molar-refractivity contribution in [2.24, 2.45) is 0 Å². The molecule has 0 radical (unpaired) electrons. The van der Waals surface area contributed by atoms with Crippen molar-refractivity contribution in [2.45, 2.75) is 52.1 Å². The zero-order valence-corrected chi connectivity index (χ0v) is 10.5. The predicted octanol–water partition coefficient (Wildman–Crippen LogP) is 3.40. The van der Waals surface area contributed by atoms with Crippen LogP contribution in [0.3, 0.4) is 0 Å². The van der Waals surface area contributed by atoms with Crippen molar-refractivity contribution in [2.75, 3.05) is 0 Å². The van der Waals surface area contributed by atoms with Crippen molar-refractivity contribution in [3.05, 3.63) is 23.3 Å². The molecule has 0 aliphatic carbocycles. The Labute approximate surface area is 97.3 Å². The normalized spacial score (nSPS) is 20.1. The molecule has 0 saturated carbocycles. The summed E-state index contributed by atoms with van der Waals surface area (Å²) in [5.41, 5.74) is 2.25. The highest BCUT2D eigenvalue weighted by molar-refractivity contribution is 5.50. The Morgan fingerprint density at radius 3 is 2.62 bits per heavy atom. The topological polar surface area (TPSA) is 29.5 Å². The molecule has 1 aromatic carbocycles. The fourth-order valence-electron chi connectivity index (χ4n) is 2.17. The van der Waals surface area contributed by atoms with E-state index in [0.717, 1.165) is 29.7 Å². The number of phenolic OH excluding ortho intramolecular Hbond substituents is 1. The van der Waals surface area contributed by atoms with Crippen LogP contribution in [-0.4, -0.2) is 11.2 Å². The van der Waals surface area contributed by atoms with Gasteiger partial charge >= 0.3 is 0 Å². The number of hydrogen-bond acceptors (Lipinski definition) is 2. The molecule has 0 spiro atoms. The first-order valence-corrected chi connectivity index (χ1v) is 5.91. The number of rotatable bonds is 0. The molecule has 1 unspecified atom stereocenters. The third-order valence-electron chi connectivity index (χ3n) is 3.10. The molecule has 1 aliphatic rings. The molecule has 0 bridgehead atoms. The first kappa shape index (κ1) is 11.3. The molecule has 1 aliphatic heterocycles. The summed E-state index contributed by atoms with van der Waals surface area (Å²) in [5, 5.41) is 9.74. The number of ether oxygens (including phenoxy) is 1. The van der Waals surface area contributed by atoms with Crippen LogP contribution >= 0.6 is 0 Å². The minimum atomic E-state index is -0.000116. The second-order valence-corrected chi connectivity index (χ2v) is 5.70. The molecule has 0 aromatic heterocycles. The molecule has 0 fully saturated rings. The largest absolute Gasteiger partial charge is 0.508 e. The van der Waals surface area contributed by atoms with E-state index in [4.69, 9.17) is 4.74 Å². The number of phenols is 1. The lowest BCUT2D eigenvalue weighted by atomic mass is 9.83. The zero-order chi connectivity index (χ0) is 11.9. The number of aromatic hydroxyl groups is 1. The second-order valence-electron chi connectivity index (χ2n) is 5.70. The van der Waals surface area contributed by atoms with E-state index in [1.54, 1.807) is 0 Å². The van der Waals surface area contributed by atoms with Crippen molar-refractivity contribution in [3.63, 3.8) is 0 Å². The van der Waals surface area contributed by atoms with Crippen LogP contribution < -0.4 is 4.74 Å². The van der Waals surface area contributed by atoms with Crippen LogP contribution in [0.25, 0.3) is 0 Å². The lowest BCUT2D eigenvalue weighted by Gasteiger charge is -2.30. The Morgan fingerprint density at radius 2 is 2.00 bits per heavy atom. The highest BCUT2D eigenvalue weighted by Gasteiger charge is 2.26. The van der Waals surface area contributed by atoms with Gasteiger partial charge in [0.2, 0.25) is 0 Å². The van der Waals surface area contributed by atoms with E-state index in [2.05, 4.69) is 27.7 Å². The summed E-state index contributed by atoms with van der Waals surface area (Å²) in [6.45, 7) is 8.53. The first-order valence-electron chi connectivity index (χ1n) is 5.91. The van der Waals surface area contributed by atoms with E-state index in [0.29, 0.717) is 5.75 Å². The van der Waals surface area contributed by atoms with Crippen molar-refractivity contribution in [1.29, 1.82) is 0 Å². The molecular weight excluding hydrogens is 200 g/mol. The van der Waals surface area contributed by atoms with E-state index >= 15 is 0 Å². The Kier molecular flexibility index (Phi) is 2.61. The molecule has 0 saturated heterocycles. The monoisotopic (exact) mass is 220 g/mol. The average molecular weight is 220 g/mol. The van der Waals surface area contributed by atoms with Crippen LogP contribution in [0.1, 0.15) is 45.2 Å². The van der Waals surface area contributed by atoms with Gasteiger partial charge in [0.1, 0.15) is 11.5 Å². The van der Waals surface area contributed by atoms with Crippen molar-refractivity contribution in [3.8, 4) is 11.5 Å². The van der Waals surface area contributed by atoms with Crippen molar-refractivity contribution in [1.82, 2.24) is 0 Å². The third kappa shape index (κ3) is 2.01. The lowest BCUT2D eigenvalue weighted by Crippen LogP contribution is -2.23. The number of benzene rings is 1. The van der Waals surface area contributed by atoms with E-state index < -0.39 is 0 Å². The molecule has 16 heavy (non-hydrogen) atoms. The minimum Gasteiger partial charge on any atom is -0.508 e. The van der Waals surface area contributed by atoms with Gasteiger partial charge in [0.15, 0.2) is 0 Å². The van der Waals surface area contributed by atoms with Crippen LogP contribution in [0, 0.1) is 0 Å². The van der Waals surface area contributed by atoms with Crippen molar-refractivity contribution < 1.29 is 9.84 Å². The first-order chi connectivity index (χ1) is 7.38. The summed E-state index contributed by atoms with van der Waals surface area (Å²) < 4.78 is 5.93. The standard InChI is InChI=1S/C14H20O2/c1-9-5-6-10-7-11(15)8-12(13(10)16-9)14(2,3)4/h7-9,15H,5-6H2,1-4H3. The summed E-state index contributed by atoms with van der Waals surface area (Å²) in [4.78, 5) is 0. The van der Waals surface area contributed by atoms with Gasteiger partial charge in [0.05, 0.1) is 6.10 Å². The molecule has 1 N–H and O–H groups in total. The number of hydrogen-bond donors (Lipinski definition) is 1. The van der Waals surface area contributed by atoms with Gasteiger partial charge in [-0.25, -0.2) is 0 Å². The minimum absolute atomic E-state index is 0.000116. The zero-order valence-electron chi connectivity index (χ0n) is 10.5. The van der Waals surface area contributed by atoms with Crippen LogP contribution in [-0.2, 0) is 11.8 Å². The third-order valence-corrected chi connectivity index (χ3v) is 3.10. The van der Waals surface area contributed by atoms with Gasteiger partial charge < -0.3 is 9.84 Å². The van der Waals surface area contributed by atoms with Crippen LogP contribution in [0.5, 0.6) is 11.5 Å². The summed E-state index contributed by atoms with van der Waals surface area (Å²) >= 11 is 0. The van der Waals surface area contributed by atoms with Gasteiger partial charge in [0, 0.05) is 5.56 Å². The maximum Gasteiger partial charge on any atom is 0.126 e. The molecule has 88 valence electrons. The summed E-state index contributed by atoms with van der Waals surface area (Å²) in [6.07, 6.45) is 2.30. The van der Waals surface area contributed by atoms with E-state index in [-0.39, 0.29) is 11.5 Å². The molecule has 2 heteroatoms. The summed E-state index contributed by atoms with van der Waals surface area (Å²) in [5.74, 6) is 1.34. The molecule has 1 heterocycles. The van der Waals surface area contributed by atoms with Gasteiger partial charge in [-0.15, -0.1) is 0 Å². The van der Waals surface area contributed by atoms with Gasteiger partial charge in [0.25, 0.3) is 0 Å². The Bertz CT molecular complexity index is 402. The molecular formula is C14H20O2. The molecule has 1 aromatic rings. The maximum atomic E-state index is 9.74. The summed E-state index contributed by atoms with van der Waals surface area (Å²) in [6, 6.07) is 3.66. The Balaban J connectivity index is 2.56. The fourth-order valence-corrected chi connectivity index (χ4v) is 2.17. The fraction of sp³-hybridized carbons (Fsp3) is 0.571. The molecule has 0 amide bonds. The Morgan fingerprint density at radius 1 is 1.31 bits per heavy atom.